The fraction of sp³-hybridized carbons (Fsp3) is 0.385. The van der Waals surface area contributed by atoms with Gasteiger partial charge in [0.1, 0.15) is 11.9 Å². The Morgan fingerprint density at radius 2 is 2.31 bits per heavy atom. The van der Waals surface area contributed by atoms with Crippen LogP contribution in [0.5, 0.6) is 5.75 Å². The Bertz CT molecular complexity index is 388. The summed E-state index contributed by atoms with van der Waals surface area (Å²) < 4.78 is 6.82. The summed E-state index contributed by atoms with van der Waals surface area (Å²) in [6.45, 7) is 0.00517. The van der Waals surface area contributed by atoms with Crippen molar-refractivity contribution < 1.29 is 9.84 Å². The molecular weight excluding hydrogens is 268 g/mol. The zero-order chi connectivity index (χ0) is 11.4. The molecule has 1 aliphatic rings. The van der Waals surface area contributed by atoms with Gasteiger partial charge in [-0.05, 0) is 47.3 Å². The molecule has 86 valence electrons. The highest BCUT2D eigenvalue weighted by atomic mass is 79.9. The molecule has 0 heterocycles. The number of ether oxygens (including phenoxy) is 1. The van der Waals surface area contributed by atoms with Gasteiger partial charge in [-0.1, -0.05) is 18.2 Å². The summed E-state index contributed by atoms with van der Waals surface area (Å²) in [6, 6.07) is 5.72. The number of hydrogen-bond acceptors (Lipinski definition) is 2. The van der Waals surface area contributed by atoms with Crippen LogP contribution in [0.3, 0.4) is 0 Å². The molecular formula is C13H15BrO2. The van der Waals surface area contributed by atoms with Gasteiger partial charge in [-0.3, -0.25) is 0 Å². The van der Waals surface area contributed by atoms with Crippen molar-refractivity contribution in [2.24, 2.45) is 0 Å². The second-order valence-electron chi connectivity index (χ2n) is 3.90. The quantitative estimate of drug-likeness (QED) is 0.861. The second-order valence-corrected chi connectivity index (χ2v) is 4.76. The molecule has 1 N–H and O–H groups in total. The molecule has 0 fully saturated rings. The minimum atomic E-state index is 0.00517. The number of hydrogen-bond donors (Lipinski definition) is 1. The predicted molar refractivity (Wildman–Crippen MR) is 67.5 cm³/mol. The molecule has 0 aliphatic heterocycles. The van der Waals surface area contributed by atoms with Gasteiger partial charge in [-0.15, -0.1) is 0 Å². The van der Waals surface area contributed by atoms with Crippen molar-refractivity contribution in [2.75, 3.05) is 0 Å². The van der Waals surface area contributed by atoms with Crippen molar-refractivity contribution in [3.63, 3.8) is 0 Å². The maximum Gasteiger partial charge on any atom is 0.139 e. The van der Waals surface area contributed by atoms with Gasteiger partial charge in [0.2, 0.25) is 0 Å². The van der Waals surface area contributed by atoms with E-state index in [1.807, 2.05) is 18.2 Å². The molecule has 1 aromatic carbocycles. The van der Waals surface area contributed by atoms with Crippen molar-refractivity contribution >= 4 is 15.9 Å². The van der Waals surface area contributed by atoms with Crippen LogP contribution in [-0.2, 0) is 6.61 Å². The Morgan fingerprint density at radius 3 is 3.00 bits per heavy atom. The van der Waals surface area contributed by atoms with E-state index in [1.54, 1.807) is 0 Å². The van der Waals surface area contributed by atoms with Crippen molar-refractivity contribution in [1.82, 2.24) is 0 Å². The number of rotatable bonds is 3. The molecule has 16 heavy (non-hydrogen) atoms. The molecule has 0 saturated heterocycles. The zero-order valence-corrected chi connectivity index (χ0v) is 10.6. The topological polar surface area (TPSA) is 29.5 Å². The van der Waals surface area contributed by atoms with Crippen LogP contribution in [0.4, 0.5) is 0 Å². The molecule has 0 radical (unpaired) electrons. The maximum absolute atomic E-state index is 9.25. The first-order chi connectivity index (χ1) is 7.81. The van der Waals surface area contributed by atoms with Crippen LogP contribution in [0, 0.1) is 0 Å². The fourth-order valence-corrected chi connectivity index (χ4v) is 2.34. The van der Waals surface area contributed by atoms with Gasteiger partial charge in [-0.25, -0.2) is 0 Å². The molecule has 3 heteroatoms. The summed E-state index contributed by atoms with van der Waals surface area (Å²) >= 11 is 3.45. The summed E-state index contributed by atoms with van der Waals surface area (Å²) in [6.07, 6.45) is 7.75. The van der Waals surface area contributed by atoms with Crippen LogP contribution < -0.4 is 4.74 Å². The van der Waals surface area contributed by atoms with Crippen LogP contribution in [0.25, 0.3) is 0 Å². The van der Waals surface area contributed by atoms with Gasteiger partial charge in [-0.2, -0.15) is 0 Å². The van der Waals surface area contributed by atoms with Crippen molar-refractivity contribution in [3.05, 3.63) is 40.4 Å². The highest BCUT2D eigenvalue weighted by molar-refractivity contribution is 9.10. The summed E-state index contributed by atoms with van der Waals surface area (Å²) in [7, 11) is 0. The molecule has 2 rings (SSSR count). The lowest BCUT2D eigenvalue weighted by Gasteiger charge is -2.21. The van der Waals surface area contributed by atoms with Crippen molar-refractivity contribution in [1.29, 1.82) is 0 Å². The Hall–Kier alpha value is -0.800. The van der Waals surface area contributed by atoms with Crippen LogP contribution in [0.1, 0.15) is 24.8 Å². The monoisotopic (exact) mass is 282 g/mol. The number of allylic oxidation sites excluding steroid dienone is 1. The SMILES string of the molecule is OCc1cccc(Br)c1OC1C=CCCC1. The van der Waals surface area contributed by atoms with E-state index >= 15 is 0 Å². The third kappa shape index (κ3) is 2.66. The maximum atomic E-state index is 9.25. The molecule has 1 atom stereocenters. The van der Waals surface area contributed by atoms with Crippen LogP contribution in [0.2, 0.25) is 0 Å². The average molecular weight is 283 g/mol. The summed E-state index contributed by atoms with van der Waals surface area (Å²) in [5.74, 6) is 0.765. The normalized spacial score (nSPS) is 19.8. The number of aliphatic hydroxyl groups is 1. The lowest BCUT2D eigenvalue weighted by atomic mass is 10.1. The minimum Gasteiger partial charge on any atom is -0.485 e. The van der Waals surface area contributed by atoms with E-state index in [2.05, 4.69) is 28.1 Å². The molecule has 0 bridgehead atoms. The van der Waals surface area contributed by atoms with Crippen LogP contribution in [-0.4, -0.2) is 11.2 Å². The first-order valence-electron chi connectivity index (χ1n) is 5.53. The van der Waals surface area contributed by atoms with E-state index in [1.165, 1.54) is 6.42 Å². The minimum absolute atomic E-state index is 0.00517. The van der Waals surface area contributed by atoms with E-state index in [9.17, 15) is 5.11 Å². The fourth-order valence-electron chi connectivity index (χ4n) is 1.84. The first kappa shape index (κ1) is 11.7. The molecule has 0 saturated carbocycles. The third-order valence-corrected chi connectivity index (χ3v) is 3.32. The predicted octanol–water partition coefficient (Wildman–Crippen LogP) is 3.43. The lowest BCUT2D eigenvalue weighted by Crippen LogP contribution is -2.16. The molecule has 2 nitrogen and oxygen atoms in total. The van der Waals surface area contributed by atoms with Crippen LogP contribution >= 0.6 is 15.9 Å². The van der Waals surface area contributed by atoms with Gasteiger partial charge in [0.15, 0.2) is 0 Å². The number of benzene rings is 1. The van der Waals surface area contributed by atoms with E-state index in [0.717, 1.165) is 28.6 Å². The van der Waals surface area contributed by atoms with E-state index in [4.69, 9.17) is 4.74 Å². The Morgan fingerprint density at radius 1 is 1.44 bits per heavy atom. The van der Waals surface area contributed by atoms with Crippen molar-refractivity contribution in [2.45, 2.75) is 32.0 Å². The standard InChI is InChI=1S/C13H15BrO2/c14-12-8-4-5-10(9-15)13(12)16-11-6-2-1-3-7-11/h2,4-6,8,11,15H,1,3,7,9H2. The molecule has 1 aliphatic carbocycles. The van der Waals surface area contributed by atoms with E-state index in [-0.39, 0.29) is 12.7 Å². The van der Waals surface area contributed by atoms with E-state index < -0.39 is 0 Å². The van der Waals surface area contributed by atoms with Crippen LogP contribution in [0.15, 0.2) is 34.8 Å². The molecule has 0 spiro atoms. The summed E-state index contributed by atoms with van der Waals surface area (Å²) in [5, 5.41) is 9.25. The third-order valence-electron chi connectivity index (χ3n) is 2.70. The first-order valence-corrected chi connectivity index (χ1v) is 6.32. The van der Waals surface area contributed by atoms with Gasteiger partial charge in [0.05, 0.1) is 11.1 Å². The molecule has 1 aromatic rings. The Kier molecular flexibility index (Phi) is 4.02. The Labute approximate surface area is 104 Å². The van der Waals surface area contributed by atoms with Gasteiger partial charge in [0.25, 0.3) is 0 Å². The second kappa shape index (κ2) is 5.51. The number of halogens is 1. The smallest absolute Gasteiger partial charge is 0.139 e. The van der Waals surface area contributed by atoms with Gasteiger partial charge >= 0.3 is 0 Å². The summed E-state index contributed by atoms with van der Waals surface area (Å²) in [4.78, 5) is 0. The van der Waals surface area contributed by atoms with Gasteiger partial charge < -0.3 is 9.84 Å². The molecule has 1 unspecified atom stereocenters. The lowest BCUT2D eigenvalue weighted by molar-refractivity contribution is 0.215. The number of aliphatic hydroxyl groups excluding tert-OH is 1. The Balaban J connectivity index is 2.19. The summed E-state index contributed by atoms with van der Waals surface area (Å²) in [5.41, 5.74) is 0.827. The largest absolute Gasteiger partial charge is 0.485 e. The van der Waals surface area contributed by atoms with E-state index in [0.29, 0.717) is 0 Å². The average Bonchev–Trinajstić information content (AvgIpc) is 2.33. The van der Waals surface area contributed by atoms with Gasteiger partial charge in [0, 0.05) is 5.56 Å². The molecule has 0 aromatic heterocycles. The number of para-hydroxylation sites is 1. The van der Waals surface area contributed by atoms with Crippen molar-refractivity contribution in [3.8, 4) is 5.75 Å². The highest BCUT2D eigenvalue weighted by Gasteiger charge is 2.14. The highest BCUT2D eigenvalue weighted by Crippen LogP contribution is 2.31. The zero-order valence-electron chi connectivity index (χ0n) is 9.03. The molecule has 0 amide bonds.